The minimum Gasteiger partial charge on any atom is -0.378 e. The number of sulfonamides is 1. The third-order valence-electron chi connectivity index (χ3n) is 4.78. The summed E-state index contributed by atoms with van der Waals surface area (Å²) in [6.45, 7) is 6.63. The summed E-state index contributed by atoms with van der Waals surface area (Å²) in [4.78, 5) is 20.9. The van der Waals surface area contributed by atoms with E-state index in [9.17, 15) is 13.2 Å². The van der Waals surface area contributed by atoms with Crippen molar-refractivity contribution in [2.45, 2.75) is 22.1 Å². The second kappa shape index (κ2) is 8.87. The van der Waals surface area contributed by atoms with E-state index in [1.165, 1.54) is 22.3 Å². The van der Waals surface area contributed by atoms with Crippen LogP contribution in [0.5, 0.6) is 0 Å². The van der Waals surface area contributed by atoms with Gasteiger partial charge >= 0.3 is 0 Å². The molecule has 0 N–H and O–H groups in total. The van der Waals surface area contributed by atoms with Gasteiger partial charge < -0.3 is 14.5 Å². The molecule has 27 heavy (non-hydrogen) atoms. The van der Waals surface area contributed by atoms with Crippen LogP contribution in [-0.4, -0.2) is 98.2 Å². The molecule has 2 aliphatic rings. The number of hydrogen-bond acceptors (Lipinski definition) is 7. The lowest BCUT2D eigenvalue weighted by Crippen LogP contribution is -2.47. The highest BCUT2D eigenvalue weighted by atomic mass is 32.2. The third kappa shape index (κ3) is 5.00. The summed E-state index contributed by atoms with van der Waals surface area (Å²) < 4.78 is 32.2. The van der Waals surface area contributed by atoms with Crippen molar-refractivity contribution in [3.8, 4) is 0 Å². The normalized spacial score (nSPS) is 21.2. The van der Waals surface area contributed by atoms with Gasteiger partial charge in [-0.15, -0.1) is 0 Å². The molecule has 1 atom stereocenters. The van der Waals surface area contributed by atoms with Crippen LogP contribution in [0.4, 0.5) is 0 Å². The Morgan fingerprint density at radius 2 is 1.81 bits per heavy atom. The molecule has 2 aliphatic heterocycles. The summed E-state index contributed by atoms with van der Waals surface area (Å²) in [5, 5.41) is 0.358. The topological polar surface area (TPSA) is 83.1 Å². The van der Waals surface area contributed by atoms with Gasteiger partial charge in [-0.2, -0.15) is 4.31 Å². The lowest BCUT2D eigenvalue weighted by molar-refractivity contribution is -0.134. The number of likely N-dealkylation sites (N-methyl/N-ethyl adjacent to an activating group) is 1. The molecule has 1 aromatic heterocycles. The molecule has 2 saturated heterocycles. The van der Waals surface area contributed by atoms with Gasteiger partial charge in [0.05, 0.1) is 23.5 Å². The highest BCUT2D eigenvalue weighted by Crippen LogP contribution is 2.25. The third-order valence-corrected chi connectivity index (χ3v) is 7.70. The van der Waals surface area contributed by atoms with Crippen LogP contribution >= 0.6 is 11.8 Å². The number of carbonyl (C=O) groups excluding carboxylic acids is 1. The molecular weight excluding hydrogens is 388 g/mol. The Morgan fingerprint density at radius 1 is 1.15 bits per heavy atom. The minimum absolute atomic E-state index is 0.0548. The fraction of sp³-hybridized carbons (Fsp3) is 0.647. The van der Waals surface area contributed by atoms with Crippen molar-refractivity contribution in [2.24, 2.45) is 0 Å². The number of nitrogens with zero attached hydrogens (tertiary/aromatic N) is 4. The first-order valence-electron chi connectivity index (χ1n) is 9.06. The number of amides is 1. The molecule has 3 rings (SSSR count). The Kier molecular flexibility index (Phi) is 6.74. The molecule has 0 spiro atoms. The zero-order chi connectivity index (χ0) is 19.4. The van der Waals surface area contributed by atoms with E-state index in [1.54, 1.807) is 17.0 Å². The van der Waals surface area contributed by atoms with E-state index in [0.717, 1.165) is 13.1 Å². The van der Waals surface area contributed by atoms with E-state index >= 15 is 0 Å². The van der Waals surface area contributed by atoms with Gasteiger partial charge in [0, 0.05) is 45.5 Å². The molecule has 0 saturated carbocycles. The smallest absolute Gasteiger partial charge is 0.244 e. The second-order valence-electron chi connectivity index (χ2n) is 6.74. The van der Waals surface area contributed by atoms with Crippen LogP contribution in [0.25, 0.3) is 0 Å². The highest BCUT2D eigenvalue weighted by Gasteiger charge is 2.28. The molecular formula is C17H26N4O4S2. The van der Waals surface area contributed by atoms with E-state index in [-0.39, 0.29) is 16.1 Å². The SMILES string of the molecule is C[C@H](Sc1ccc(S(=O)(=O)N2CCN(C)CC2)cn1)C(=O)N1CCOCC1. The van der Waals surface area contributed by atoms with Crippen molar-refractivity contribution < 1.29 is 17.9 Å². The van der Waals surface area contributed by atoms with E-state index < -0.39 is 10.0 Å². The first-order valence-corrected chi connectivity index (χ1v) is 11.4. The Labute approximate surface area is 164 Å². The number of ether oxygens (including phenoxy) is 1. The fourth-order valence-electron chi connectivity index (χ4n) is 3.04. The zero-order valence-corrected chi connectivity index (χ0v) is 17.3. The molecule has 150 valence electrons. The van der Waals surface area contributed by atoms with E-state index in [4.69, 9.17) is 4.74 Å². The Hall–Kier alpha value is -1.20. The maximum Gasteiger partial charge on any atom is 0.244 e. The van der Waals surface area contributed by atoms with E-state index in [1.807, 2.05) is 14.0 Å². The lowest BCUT2D eigenvalue weighted by atomic mass is 10.3. The summed E-state index contributed by atoms with van der Waals surface area (Å²) in [5.74, 6) is 0.0548. The molecule has 0 unspecified atom stereocenters. The van der Waals surface area contributed by atoms with Gasteiger partial charge in [-0.05, 0) is 26.1 Å². The lowest BCUT2D eigenvalue weighted by Gasteiger charge is -2.31. The van der Waals surface area contributed by atoms with Crippen LogP contribution in [-0.2, 0) is 19.6 Å². The van der Waals surface area contributed by atoms with Crippen LogP contribution in [0.1, 0.15) is 6.92 Å². The fourth-order valence-corrected chi connectivity index (χ4v) is 5.28. The maximum atomic E-state index is 12.7. The molecule has 1 amide bonds. The van der Waals surface area contributed by atoms with E-state index in [2.05, 4.69) is 9.88 Å². The standard InChI is InChI=1S/C17H26N4O4S2/c1-14(17(22)20-9-11-25-12-10-20)26-16-4-3-15(13-18-16)27(23,24)21-7-5-19(2)6-8-21/h3-4,13-14H,5-12H2,1-2H3/t14-/m0/s1. The van der Waals surface area contributed by atoms with Crippen LogP contribution in [0, 0.1) is 0 Å². The average Bonchev–Trinajstić information content (AvgIpc) is 2.69. The minimum atomic E-state index is -3.52. The monoisotopic (exact) mass is 414 g/mol. The van der Waals surface area contributed by atoms with Crippen LogP contribution < -0.4 is 0 Å². The van der Waals surface area contributed by atoms with Gasteiger partial charge in [0.15, 0.2) is 0 Å². The number of piperazine rings is 1. The van der Waals surface area contributed by atoms with Crippen molar-refractivity contribution in [2.75, 3.05) is 59.5 Å². The van der Waals surface area contributed by atoms with Gasteiger partial charge in [0.1, 0.15) is 4.90 Å². The molecule has 0 aromatic carbocycles. The number of hydrogen-bond donors (Lipinski definition) is 0. The summed E-state index contributed by atoms with van der Waals surface area (Å²) >= 11 is 1.34. The first-order chi connectivity index (χ1) is 12.9. The molecule has 0 aliphatic carbocycles. The van der Waals surface area contributed by atoms with Crippen molar-refractivity contribution in [3.63, 3.8) is 0 Å². The predicted molar refractivity (Wildman–Crippen MR) is 103 cm³/mol. The largest absolute Gasteiger partial charge is 0.378 e. The van der Waals surface area contributed by atoms with Gasteiger partial charge in [0.2, 0.25) is 15.9 Å². The van der Waals surface area contributed by atoms with Crippen molar-refractivity contribution in [1.29, 1.82) is 0 Å². The number of aromatic nitrogens is 1. The molecule has 0 bridgehead atoms. The molecule has 3 heterocycles. The molecule has 1 aromatic rings. The van der Waals surface area contributed by atoms with Crippen molar-refractivity contribution >= 4 is 27.7 Å². The van der Waals surface area contributed by atoms with Crippen LogP contribution in [0.2, 0.25) is 0 Å². The average molecular weight is 415 g/mol. The quantitative estimate of drug-likeness (QED) is 0.643. The maximum absolute atomic E-state index is 12.7. The molecule has 0 radical (unpaired) electrons. The van der Waals surface area contributed by atoms with Crippen LogP contribution in [0.3, 0.4) is 0 Å². The summed E-state index contributed by atoms with van der Waals surface area (Å²) in [5.41, 5.74) is 0. The number of morpholine rings is 1. The number of carbonyl (C=O) groups is 1. The molecule has 8 nitrogen and oxygen atoms in total. The second-order valence-corrected chi connectivity index (χ2v) is 10.0. The first kappa shape index (κ1) is 20.5. The van der Waals surface area contributed by atoms with E-state index in [0.29, 0.717) is 44.4 Å². The van der Waals surface area contributed by atoms with Gasteiger partial charge in [-0.25, -0.2) is 13.4 Å². The molecule has 2 fully saturated rings. The number of rotatable bonds is 5. The van der Waals surface area contributed by atoms with Crippen molar-refractivity contribution in [3.05, 3.63) is 18.3 Å². The summed E-state index contributed by atoms with van der Waals surface area (Å²) in [7, 11) is -1.54. The zero-order valence-electron chi connectivity index (χ0n) is 15.7. The Balaban J connectivity index is 1.62. The van der Waals surface area contributed by atoms with Gasteiger partial charge in [-0.3, -0.25) is 4.79 Å². The number of pyridine rings is 1. The highest BCUT2D eigenvalue weighted by molar-refractivity contribution is 8.00. The summed E-state index contributed by atoms with van der Waals surface area (Å²) in [6, 6.07) is 3.26. The van der Waals surface area contributed by atoms with Crippen LogP contribution in [0.15, 0.2) is 28.3 Å². The summed E-state index contributed by atoms with van der Waals surface area (Å²) in [6.07, 6.45) is 1.39. The van der Waals surface area contributed by atoms with Crippen molar-refractivity contribution in [1.82, 2.24) is 19.1 Å². The Bertz CT molecular complexity index is 743. The van der Waals surface area contributed by atoms with Gasteiger partial charge in [0.25, 0.3) is 0 Å². The molecule has 10 heteroatoms. The Morgan fingerprint density at radius 3 is 2.41 bits per heavy atom. The number of thioether (sulfide) groups is 1. The predicted octanol–water partition coefficient (Wildman–Crippen LogP) is 0.357. The van der Waals surface area contributed by atoms with Gasteiger partial charge in [-0.1, -0.05) is 11.8 Å².